The Morgan fingerprint density at radius 2 is 1.29 bits per heavy atom. The Morgan fingerprint density at radius 1 is 0.806 bits per heavy atom. The summed E-state index contributed by atoms with van der Waals surface area (Å²) in [6.07, 6.45) is 6.04. The summed E-state index contributed by atoms with van der Waals surface area (Å²) in [5.74, 6) is 1.45. The molecule has 8 unspecified atom stereocenters. The van der Waals surface area contributed by atoms with Crippen molar-refractivity contribution in [2.75, 3.05) is 20.8 Å². The molecule has 0 spiro atoms. The van der Waals surface area contributed by atoms with Gasteiger partial charge in [-0.2, -0.15) is 0 Å². The maximum atomic E-state index is 9.84. The predicted octanol–water partition coefficient (Wildman–Crippen LogP) is 5.30. The fourth-order valence-electron chi connectivity index (χ4n) is 3.67. The number of aliphatic hydroxyl groups excluding tert-OH is 2. The van der Waals surface area contributed by atoms with Gasteiger partial charge in [-0.1, -0.05) is 72.9 Å². The second-order valence-corrected chi connectivity index (χ2v) is 8.72. The minimum absolute atomic E-state index is 0.0122. The topological polar surface area (TPSA) is 80.5 Å². The van der Waals surface area contributed by atoms with Gasteiger partial charge >= 0.3 is 0 Å². The predicted molar refractivity (Wildman–Crippen MR) is 130 cm³/mol. The summed E-state index contributed by atoms with van der Waals surface area (Å²) in [6.45, 7) is 17.2. The molecule has 0 aromatic rings. The zero-order valence-electron chi connectivity index (χ0n) is 22.0. The van der Waals surface area contributed by atoms with Crippen molar-refractivity contribution in [3.05, 3.63) is 0 Å². The molecular weight excluding hydrogens is 394 g/mol. The highest BCUT2D eigenvalue weighted by Gasteiger charge is 2.28. The number of oxime groups is 1. The standard InChI is InChI=1S/C13H28O2.C12H25NO3/c1-6-8-9-10(3)11(4)13(15-5)12(14)7-2;1-6-11(14)12(15-5)10(4)9(3)8-13-16-7-2/h10-14H,6-9H2,1-5H3;8-12,14H,6-7H2,1-5H3. The number of aliphatic hydroxyl groups is 2. The largest absolute Gasteiger partial charge is 0.396 e. The van der Waals surface area contributed by atoms with Gasteiger partial charge in [0.05, 0.1) is 24.4 Å². The summed E-state index contributed by atoms with van der Waals surface area (Å²) in [5.41, 5.74) is 0. The summed E-state index contributed by atoms with van der Waals surface area (Å²) in [4.78, 5) is 4.92. The van der Waals surface area contributed by atoms with Crippen LogP contribution in [0, 0.1) is 23.7 Å². The normalized spacial score (nSPS) is 19.5. The molecule has 0 radical (unpaired) electrons. The SMILES string of the molecule is CCCCC(C)C(C)C(OC)C(O)CC.CCON=CC(C)C(C)C(OC)C(O)CC. The first-order chi connectivity index (χ1) is 14.7. The molecule has 0 aromatic carbocycles. The summed E-state index contributed by atoms with van der Waals surface area (Å²) >= 11 is 0. The number of rotatable bonds is 16. The Bertz CT molecular complexity index is 421. The molecule has 0 aliphatic carbocycles. The highest BCUT2D eigenvalue weighted by Crippen LogP contribution is 2.25. The van der Waals surface area contributed by atoms with E-state index in [1.807, 2.05) is 27.7 Å². The Morgan fingerprint density at radius 3 is 1.68 bits per heavy atom. The Labute approximate surface area is 192 Å². The van der Waals surface area contributed by atoms with Gasteiger partial charge in [0, 0.05) is 20.4 Å². The first-order valence-corrected chi connectivity index (χ1v) is 12.2. The van der Waals surface area contributed by atoms with Crippen LogP contribution in [0.1, 0.15) is 87.5 Å². The van der Waals surface area contributed by atoms with Gasteiger partial charge in [-0.05, 0) is 43.4 Å². The van der Waals surface area contributed by atoms with E-state index in [1.54, 1.807) is 20.4 Å². The van der Waals surface area contributed by atoms with Crippen LogP contribution in [0.3, 0.4) is 0 Å². The molecule has 0 aliphatic heterocycles. The number of nitrogens with zero attached hydrogens (tertiary/aromatic N) is 1. The van der Waals surface area contributed by atoms with E-state index in [-0.39, 0.29) is 30.1 Å². The van der Waals surface area contributed by atoms with Crippen molar-refractivity contribution in [2.45, 2.75) is 112 Å². The van der Waals surface area contributed by atoms with Gasteiger partial charge in [0.2, 0.25) is 0 Å². The van der Waals surface area contributed by atoms with Gasteiger partial charge < -0.3 is 24.5 Å². The molecule has 8 atom stereocenters. The minimum atomic E-state index is -0.428. The van der Waals surface area contributed by atoms with E-state index >= 15 is 0 Å². The molecule has 6 nitrogen and oxygen atoms in total. The third-order valence-electron chi connectivity index (χ3n) is 6.42. The summed E-state index contributed by atoms with van der Waals surface area (Å²) in [6, 6.07) is 0. The Hall–Kier alpha value is -0.690. The Balaban J connectivity index is 0. The molecule has 0 fully saturated rings. The van der Waals surface area contributed by atoms with Crippen molar-refractivity contribution in [3.63, 3.8) is 0 Å². The maximum absolute atomic E-state index is 9.84. The summed E-state index contributed by atoms with van der Waals surface area (Å²) in [7, 11) is 3.33. The fraction of sp³-hybridized carbons (Fsp3) is 0.960. The van der Waals surface area contributed by atoms with E-state index in [0.29, 0.717) is 24.9 Å². The third kappa shape index (κ3) is 13.5. The van der Waals surface area contributed by atoms with Gasteiger partial charge in [0.1, 0.15) is 6.61 Å². The van der Waals surface area contributed by atoms with E-state index in [0.717, 1.165) is 6.42 Å². The minimum Gasteiger partial charge on any atom is -0.396 e. The summed E-state index contributed by atoms with van der Waals surface area (Å²) < 4.78 is 10.8. The van der Waals surface area contributed by atoms with E-state index in [1.165, 1.54) is 19.3 Å². The highest BCUT2D eigenvalue weighted by molar-refractivity contribution is 5.59. The van der Waals surface area contributed by atoms with Crippen LogP contribution in [0.25, 0.3) is 0 Å². The van der Waals surface area contributed by atoms with Gasteiger partial charge in [-0.25, -0.2) is 0 Å². The molecule has 0 amide bonds. The number of methoxy groups -OCH3 is 2. The molecule has 2 N–H and O–H groups in total. The molecule has 0 bridgehead atoms. The van der Waals surface area contributed by atoms with Crippen LogP contribution in [0.15, 0.2) is 5.16 Å². The number of hydrogen-bond acceptors (Lipinski definition) is 6. The molecule has 0 rings (SSSR count). The number of unbranched alkanes of at least 4 members (excludes halogenated alkanes) is 1. The van der Waals surface area contributed by atoms with E-state index in [2.05, 4.69) is 32.9 Å². The van der Waals surface area contributed by atoms with Crippen LogP contribution >= 0.6 is 0 Å². The molecule has 0 saturated heterocycles. The van der Waals surface area contributed by atoms with Crippen LogP contribution in [0.2, 0.25) is 0 Å². The molecule has 6 heteroatoms. The average molecular weight is 448 g/mol. The van der Waals surface area contributed by atoms with E-state index in [9.17, 15) is 10.2 Å². The van der Waals surface area contributed by atoms with Crippen LogP contribution in [0.4, 0.5) is 0 Å². The first kappa shape index (κ1) is 32.5. The van der Waals surface area contributed by atoms with Gasteiger partial charge in [-0.15, -0.1) is 0 Å². The van der Waals surface area contributed by atoms with Gasteiger partial charge in [0.25, 0.3) is 0 Å². The lowest BCUT2D eigenvalue weighted by molar-refractivity contribution is -0.0557. The van der Waals surface area contributed by atoms with Crippen LogP contribution in [-0.4, -0.2) is 61.7 Å². The molecule has 31 heavy (non-hydrogen) atoms. The molecule has 0 heterocycles. The fourth-order valence-corrected chi connectivity index (χ4v) is 3.67. The average Bonchev–Trinajstić information content (AvgIpc) is 2.78. The van der Waals surface area contributed by atoms with Crippen molar-refractivity contribution in [1.29, 1.82) is 0 Å². The zero-order chi connectivity index (χ0) is 24.4. The van der Waals surface area contributed by atoms with Crippen LogP contribution in [0.5, 0.6) is 0 Å². The highest BCUT2D eigenvalue weighted by atomic mass is 16.6. The Kier molecular flexibility index (Phi) is 20.9. The molecular formula is C25H53NO5. The lowest BCUT2D eigenvalue weighted by atomic mass is 9.84. The quantitative estimate of drug-likeness (QED) is 0.248. The van der Waals surface area contributed by atoms with E-state index < -0.39 is 6.10 Å². The molecule has 0 saturated carbocycles. The van der Waals surface area contributed by atoms with Crippen molar-refractivity contribution >= 4 is 6.21 Å². The third-order valence-corrected chi connectivity index (χ3v) is 6.42. The van der Waals surface area contributed by atoms with Crippen LogP contribution < -0.4 is 0 Å². The number of hydrogen-bond donors (Lipinski definition) is 2. The van der Waals surface area contributed by atoms with Crippen LogP contribution in [-0.2, 0) is 14.3 Å². The summed E-state index contributed by atoms with van der Waals surface area (Å²) in [5, 5.41) is 23.5. The molecule has 0 aromatic heterocycles. The number of ether oxygens (including phenoxy) is 2. The monoisotopic (exact) mass is 447 g/mol. The molecule has 188 valence electrons. The smallest absolute Gasteiger partial charge is 0.114 e. The first-order valence-electron chi connectivity index (χ1n) is 12.2. The maximum Gasteiger partial charge on any atom is 0.114 e. The van der Waals surface area contributed by atoms with Gasteiger partial charge in [-0.3, -0.25) is 0 Å². The zero-order valence-corrected chi connectivity index (χ0v) is 22.0. The lowest BCUT2D eigenvalue weighted by Gasteiger charge is -2.31. The second kappa shape index (κ2) is 20.0. The van der Waals surface area contributed by atoms with Crippen molar-refractivity contribution in [1.82, 2.24) is 0 Å². The van der Waals surface area contributed by atoms with Crippen molar-refractivity contribution < 1.29 is 24.5 Å². The molecule has 0 aliphatic rings. The van der Waals surface area contributed by atoms with Gasteiger partial charge in [0.15, 0.2) is 0 Å². The van der Waals surface area contributed by atoms with Crippen molar-refractivity contribution in [2.24, 2.45) is 28.8 Å². The van der Waals surface area contributed by atoms with Crippen molar-refractivity contribution in [3.8, 4) is 0 Å². The van der Waals surface area contributed by atoms with E-state index in [4.69, 9.17) is 14.3 Å². The lowest BCUT2D eigenvalue weighted by Crippen LogP contribution is -2.37. The second-order valence-electron chi connectivity index (χ2n) is 8.72.